The Morgan fingerprint density at radius 3 is 2.57 bits per heavy atom. The number of carbonyl (C=O) groups is 2. The number of quaternary nitrogens is 1. The van der Waals surface area contributed by atoms with Gasteiger partial charge in [-0.15, -0.1) is 0 Å². The third-order valence-corrected chi connectivity index (χ3v) is 6.35. The first kappa shape index (κ1) is 24.5. The summed E-state index contributed by atoms with van der Waals surface area (Å²) in [4.78, 5) is 29.2. The van der Waals surface area contributed by atoms with Crippen molar-refractivity contribution in [2.75, 3.05) is 53.1 Å². The van der Waals surface area contributed by atoms with Gasteiger partial charge in [-0.3, -0.25) is 9.59 Å². The van der Waals surface area contributed by atoms with Crippen LogP contribution in [0, 0.1) is 0 Å². The predicted molar refractivity (Wildman–Crippen MR) is 128 cm³/mol. The number of Topliss-reactive ketones (excluding diaryl/α,β-unsaturated/α-hetero) is 1. The van der Waals surface area contributed by atoms with Crippen molar-refractivity contribution in [3.8, 4) is 11.5 Å². The molecule has 1 unspecified atom stereocenters. The van der Waals surface area contributed by atoms with Gasteiger partial charge in [0.05, 0.1) is 39.5 Å². The van der Waals surface area contributed by atoms with E-state index >= 15 is 0 Å². The molecule has 2 fully saturated rings. The molecule has 0 aliphatic carbocycles. The fraction of sp³-hybridized carbons (Fsp3) is 0.333. The molecule has 8 heteroatoms. The lowest BCUT2D eigenvalue weighted by Gasteiger charge is -2.30. The first-order valence-electron chi connectivity index (χ1n) is 11.7. The van der Waals surface area contributed by atoms with E-state index in [2.05, 4.69) is 6.58 Å². The first-order chi connectivity index (χ1) is 17.0. The van der Waals surface area contributed by atoms with Crippen LogP contribution in [-0.2, 0) is 14.3 Å². The number of ether oxygens (including phenoxy) is 3. The van der Waals surface area contributed by atoms with Crippen molar-refractivity contribution in [3.05, 3.63) is 77.9 Å². The number of nitrogens with zero attached hydrogens (tertiary/aromatic N) is 1. The number of nitrogens with one attached hydrogen (secondary N) is 1. The number of morpholine rings is 1. The molecular weight excluding hydrogens is 448 g/mol. The van der Waals surface area contributed by atoms with E-state index in [1.165, 1.54) is 16.9 Å². The number of carbonyl (C=O) groups excluding carboxylic acids is 2. The third-order valence-electron chi connectivity index (χ3n) is 6.35. The molecule has 184 valence electrons. The van der Waals surface area contributed by atoms with Crippen LogP contribution < -0.4 is 19.5 Å². The quantitative estimate of drug-likeness (QED) is 0.243. The number of hydrogen-bond acceptors (Lipinski definition) is 6. The molecular formula is C27H30N2O6. The number of para-hydroxylation sites is 1. The van der Waals surface area contributed by atoms with Crippen LogP contribution in [0.2, 0.25) is 0 Å². The molecule has 0 bridgehead atoms. The molecule has 2 saturated heterocycles. The minimum absolute atomic E-state index is 0.0590. The van der Waals surface area contributed by atoms with E-state index in [1.807, 2.05) is 12.1 Å². The predicted octanol–water partition coefficient (Wildman–Crippen LogP) is 0.399. The zero-order chi connectivity index (χ0) is 24.8. The van der Waals surface area contributed by atoms with Crippen LogP contribution >= 0.6 is 0 Å². The molecule has 2 aliphatic heterocycles. The van der Waals surface area contributed by atoms with E-state index in [0.717, 1.165) is 13.1 Å². The van der Waals surface area contributed by atoms with Crippen LogP contribution in [0.5, 0.6) is 11.5 Å². The van der Waals surface area contributed by atoms with Gasteiger partial charge in [-0.2, -0.15) is 0 Å². The molecule has 0 spiro atoms. The van der Waals surface area contributed by atoms with Crippen molar-refractivity contribution < 1.29 is 33.8 Å². The van der Waals surface area contributed by atoms with E-state index < -0.39 is 23.5 Å². The van der Waals surface area contributed by atoms with Crippen molar-refractivity contribution in [1.29, 1.82) is 0 Å². The van der Waals surface area contributed by atoms with Crippen molar-refractivity contribution in [3.63, 3.8) is 0 Å². The van der Waals surface area contributed by atoms with Gasteiger partial charge in [0.25, 0.3) is 5.91 Å². The Balaban J connectivity index is 1.72. The van der Waals surface area contributed by atoms with E-state index in [9.17, 15) is 14.7 Å². The second kappa shape index (κ2) is 11.2. The van der Waals surface area contributed by atoms with Crippen molar-refractivity contribution >= 4 is 17.4 Å². The summed E-state index contributed by atoms with van der Waals surface area (Å²) in [5.41, 5.74) is 0.865. The Kier molecular flexibility index (Phi) is 7.84. The van der Waals surface area contributed by atoms with E-state index in [-0.39, 0.29) is 5.57 Å². The zero-order valence-corrected chi connectivity index (χ0v) is 19.8. The standard InChI is InChI=1S/C27H30N2O6/c1-3-16-35-20-10-8-19(9-11-20)25(30)23-24(21-6-4-5-7-22(21)33-2)29(27(32)26(23)31)13-12-28-14-17-34-18-15-28/h3-11,24,30H,1,12-18H2,2H3/b25-23+. The summed E-state index contributed by atoms with van der Waals surface area (Å²) in [5, 5.41) is 13.6. The summed E-state index contributed by atoms with van der Waals surface area (Å²) in [5.74, 6) is -0.813. The molecule has 8 nitrogen and oxygen atoms in total. The maximum absolute atomic E-state index is 13.6. The zero-order valence-electron chi connectivity index (χ0n) is 19.8. The minimum Gasteiger partial charge on any atom is -0.872 e. The lowest BCUT2D eigenvalue weighted by atomic mass is 9.94. The van der Waals surface area contributed by atoms with Crippen LogP contribution in [0.4, 0.5) is 0 Å². The Bertz CT molecular complexity index is 1100. The fourth-order valence-electron chi connectivity index (χ4n) is 4.52. The Morgan fingerprint density at radius 1 is 1.17 bits per heavy atom. The monoisotopic (exact) mass is 478 g/mol. The minimum atomic E-state index is -0.823. The normalized spacial score (nSPS) is 20.1. The van der Waals surface area contributed by atoms with Crippen LogP contribution in [0.25, 0.3) is 5.76 Å². The molecule has 2 heterocycles. The van der Waals surface area contributed by atoms with Crippen molar-refractivity contribution in [2.45, 2.75) is 6.04 Å². The average Bonchev–Trinajstić information content (AvgIpc) is 3.16. The average molecular weight is 479 g/mol. The summed E-state index contributed by atoms with van der Waals surface area (Å²) >= 11 is 0. The molecule has 1 amide bonds. The maximum atomic E-state index is 13.6. The Labute approximate surface area is 205 Å². The van der Waals surface area contributed by atoms with Gasteiger partial charge in [0.2, 0.25) is 5.78 Å². The largest absolute Gasteiger partial charge is 0.872 e. The number of rotatable bonds is 9. The highest BCUT2D eigenvalue weighted by Gasteiger charge is 2.45. The molecule has 1 atom stereocenters. The topological polar surface area (TPSA) is 92.6 Å². The fourth-order valence-corrected chi connectivity index (χ4v) is 4.52. The van der Waals surface area contributed by atoms with Gasteiger partial charge in [-0.25, -0.2) is 0 Å². The smallest absolute Gasteiger partial charge is 0.295 e. The molecule has 0 saturated carbocycles. The van der Waals surface area contributed by atoms with Gasteiger partial charge in [0, 0.05) is 11.1 Å². The number of methoxy groups -OCH3 is 1. The summed E-state index contributed by atoms with van der Waals surface area (Å²) < 4.78 is 16.4. The highest BCUT2D eigenvalue weighted by atomic mass is 16.5. The van der Waals surface area contributed by atoms with Gasteiger partial charge < -0.3 is 29.1 Å². The van der Waals surface area contributed by atoms with Gasteiger partial charge in [-0.05, 0) is 23.8 Å². The summed E-state index contributed by atoms with van der Waals surface area (Å²) in [7, 11) is 1.53. The molecule has 0 aromatic heterocycles. The van der Waals surface area contributed by atoms with Gasteiger partial charge in [-0.1, -0.05) is 48.7 Å². The molecule has 2 aromatic rings. The number of benzene rings is 2. The Hall–Kier alpha value is -3.62. The van der Waals surface area contributed by atoms with E-state index in [0.29, 0.717) is 55.5 Å². The molecule has 0 radical (unpaired) electrons. The highest BCUT2D eigenvalue weighted by molar-refractivity contribution is 6.46. The molecule has 35 heavy (non-hydrogen) atoms. The Morgan fingerprint density at radius 2 is 1.89 bits per heavy atom. The van der Waals surface area contributed by atoms with E-state index in [4.69, 9.17) is 14.2 Å². The summed E-state index contributed by atoms with van der Waals surface area (Å²) in [6.07, 6.45) is 1.63. The van der Waals surface area contributed by atoms with Crippen LogP contribution in [-0.4, -0.2) is 69.7 Å². The van der Waals surface area contributed by atoms with Gasteiger partial charge in [0.1, 0.15) is 31.2 Å². The lowest BCUT2D eigenvalue weighted by Crippen LogP contribution is -3.14. The van der Waals surface area contributed by atoms with Gasteiger partial charge in [0.15, 0.2) is 0 Å². The molecule has 4 rings (SSSR count). The van der Waals surface area contributed by atoms with Crippen LogP contribution in [0.3, 0.4) is 0 Å². The second-order valence-corrected chi connectivity index (χ2v) is 8.45. The van der Waals surface area contributed by atoms with Gasteiger partial charge >= 0.3 is 0 Å². The number of ketones is 1. The van der Waals surface area contributed by atoms with Crippen LogP contribution in [0.1, 0.15) is 17.2 Å². The molecule has 2 aromatic carbocycles. The number of hydrogen-bond donors (Lipinski definition) is 1. The maximum Gasteiger partial charge on any atom is 0.295 e. The van der Waals surface area contributed by atoms with Crippen molar-refractivity contribution in [2.24, 2.45) is 0 Å². The SMILES string of the molecule is C=CCOc1ccc(/C([O-])=C2\C(=O)C(=O)N(CC[NH+]3CCOCC3)C2c2ccccc2OC)cc1. The second-order valence-electron chi connectivity index (χ2n) is 8.45. The first-order valence-corrected chi connectivity index (χ1v) is 11.7. The van der Waals surface area contributed by atoms with Crippen LogP contribution in [0.15, 0.2) is 66.8 Å². The lowest BCUT2D eigenvalue weighted by molar-refractivity contribution is -0.907. The number of likely N-dealkylation sites (tertiary alicyclic amines) is 1. The molecule has 2 aliphatic rings. The molecule has 1 N–H and O–H groups in total. The number of amides is 1. The summed E-state index contributed by atoms with van der Waals surface area (Å²) in [6.45, 7) is 7.97. The third kappa shape index (κ3) is 5.23. The van der Waals surface area contributed by atoms with Crippen molar-refractivity contribution in [1.82, 2.24) is 4.90 Å². The highest BCUT2D eigenvalue weighted by Crippen LogP contribution is 2.41. The summed E-state index contributed by atoms with van der Waals surface area (Å²) in [6, 6.07) is 12.9. The van der Waals surface area contributed by atoms with E-state index in [1.54, 1.807) is 42.5 Å².